The molecule has 0 aromatic carbocycles. The molecular weight excluding hydrogens is 184 g/mol. The molecule has 2 amide bonds. The highest BCUT2D eigenvalue weighted by molar-refractivity contribution is 6.18. The summed E-state index contributed by atoms with van der Waals surface area (Å²) in [5.41, 5.74) is 0. The van der Waals surface area contributed by atoms with Crippen LogP contribution in [0.1, 0.15) is 0 Å². The van der Waals surface area contributed by atoms with Crippen molar-refractivity contribution in [3.05, 3.63) is 0 Å². The van der Waals surface area contributed by atoms with Gasteiger partial charge in [0.15, 0.2) is 0 Å². The smallest absolute Gasteiger partial charge is 0.323 e. The maximum Gasteiger partial charge on any atom is 0.323 e. The molecule has 0 fully saturated rings. The number of nitrogens with zero attached hydrogens (tertiary/aromatic N) is 1. The number of carbonyl (C=O) groups excluding carboxylic acids is 1. The van der Waals surface area contributed by atoms with Crippen LogP contribution in [0.25, 0.3) is 0 Å². The summed E-state index contributed by atoms with van der Waals surface area (Å²) >= 11 is 5.31. The molecule has 0 radical (unpaired) electrons. The molecule has 0 aliphatic heterocycles. The number of urea groups is 1. The molecule has 0 heterocycles. The maximum absolute atomic E-state index is 10.9. The first kappa shape index (κ1) is 11.0. The van der Waals surface area contributed by atoms with Crippen molar-refractivity contribution in [3.63, 3.8) is 0 Å². The number of carboxylic acid groups (broad SMARTS) is 1. The van der Waals surface area contributed by atoms with Crippen LogP contribution in [0, 0.1) is 0 Å². The van der Waals surface area contributed by atoms with Crippen molar-refractivity contribution in [2.45, 2.75) is 0 Å². The normalized spacial score (nSPS) is 9.17. The fourth-order valence-electron chi connectivity index (χ4n) is 0.564. The molecule has 0 bridgehead atoms. The highest BCUT2D eigenvalue weighted by Crippen LogP contribution is 1.83. The van der Waals surface area contributed by atoms with Gasteiger partial charge in [0.05, 0.1) is 0 Å². The molecule has 6 heteroatoms. The van der Waals surface area contributed by atoms with Crippen molar-refractivity contribution in [1.82, 2.24) is 10.2 Å². The number of amides is 2. The first-order valence-corrected chi connectivity index (χ1v) is 3.88. The number of alkyl halides is 1. The van der Waals surface area contributed by atoms with Crippen LogP contribution < -0.4 is 5.32 Å². The van der Waals surface area contributed by atoms with E-state index in [1.165, 1.54) is 7.05 Å². The third-order valence-electron chi connectivity index (χ3n) is 1.09. The van der Waals surface area contributed by atoms with Crippen molar-refractivity contribution in [2.75, 3.05) is 26.0 Å². The van der Waals surface area contributed by atoms with Crippen LogP contribution in [0.3, 0.4) is 0 Å². The average molecular weight is 195 g/mol. The van der Waals surface area contributed by atoms with E-state index in [1.807, 2.05) is 0 Å². The lowest BCUT2D eigenvalue weighted by atomic mass is 10.6. The zero-order chi connectivity index (χ0) is 9.56. The largest absolute Gasteiger partial charge is 0.480 e. The third-order valence-corrected chi connectivity index (χ3v) is 1.28. The molecule has 0 aliphatic carbocycles. The summed E-state index contributed by atoms with van der Waals surface area (Å²) < 4.78 is 0. The van der Waals surface area contributed by atoms with Crippen LogP contribution in [0.15, 0.2) is 0 Å². The van der Waals surface area contributed by atoms with Crippen LogP contribution in [0.2, 0.25) is 0 Å². The summed E-state index contributed by atoms with van der Waals surface area (Å²) in [4.78, 5) is 22.1. The number of hydrogen-bond acceptors (Lipinski definition) is 2. The van der Waals surface area contributed by atoms with Gasteiger partial charge < -0.3 is 15.3 Å². The molecule has 70 valence electrons. The fourth-order valence-corrected chi connectivity index (χ4v) is 0.658. The topological polar surface area (TPSA) is 69.6 Å². The van der Waals surface area contributed by atoms with Crippen molar-refractivity contribution < 1.29 is 14.7 Å². The molecular formula is C6H11ClN2O3. The first-order valence-electron chi connectivity index (χ1n) is 3.34. The molecule has 0 spiro atoms. The van der Waals surface area contributed by atoms with E-state index in [0.29, 0.717) is 12.4 Å². The standard InChI is InChI=1S/C6H11ClN2O3/c1-9(4-5(10)11)6(12)8-3-2-7/h2-4H2,1H3,(H,8,12)(H,10,11). The molecule has 0 unspecified atom stereocenters. The summed E-state index contributed by atoms with van der Waals surface area (Å²) in [6.45, 7) is 0.0263. The second-order valence-electron chi connectivity index (χ2n) is 2.17. The van der Waals surface area contributed by atoms with Gasteiger partial charge in [-0.1, -0.05) is 0 Å². The molecule has 0 aromatic rings. The van der Waals surface area contributed by atoms with Crippen LogP contribution in [-0.4, -0.2) is 48.0 Å². The number of carbonyl (C=O) groups is 2. The van der Waals surface area contributed by atoms with Gasteiger partial charge >= 0.3 is 12.0 Å². The Bertz CT molecular complexity index is 174. The zero-order valence-electron chi connectivity index (χ0n) is 6.71. The fraction of sp³-hybridized carbons (Fsp3) is 0.667. The number of hydrogen-bond donors (Lipinski definition) is 2. The number of nitrogens with one attached hydrogen (secondary N) is 1. The van der Waals surface area contributed by atoms with Crippen LogP contribution in [0.4, 0.5) is 4.79 Å². The van der Waals surface area contributed by atoms with Gasteiger partial charge in [0.2, 0.25) is 0 Å². The Hall–Kier alpha value is -0.970. The Morgan fingerprint density at radius 1 is 1.58 bits per heavy atom. The van der Waals surface area contributed by atoms with Gasteiger partial charge in [-0.25, -0.2) is 4.79 Å². The maximum atomic E-state index is 10.9. The molecule has 0 saturated carbocycles. The SMILES string of the molecule is CN(CC(=O)O)C(=O)NCCCl. The van der Waals surface area contributed by atoms with Gasteiger partial charge in [0.1, 0.15) is 6.54 Å². The van der Waals surface area contributed by atoms with E-state index >= 15 is 0 Å². The van der Waals surface area contributed by atoms with Crippen LogP contribution in [-0.2, 0) is 4.79 Å². The molecule has 0 rings (SSSR count). The predicted molar refractivity (Wildman–Crippen MR) is 44.4 cm³/mol. The average Bonchev–Trinajstić information content (AvgIpc) is 1.98. The van der Waals surface area contributed by atoms with E-state index < -0.39 is 12.0 Å². The molecule has 0 aliphatic rings. The lowest BCUT2D eigenvalue weighted by Gasteiger charge is -2.14. The minimum atomic E-state index is -1.04. The summed E-state index contributed by atoms with van der Waals surface area (Å²) in [5, 5.41) is 10.7. The third kappa shape index (κ3) is 4.79. The monoisotopic (exact) mass is 194 g/mol. The second kappa shape index (κ2) is 5.65. The van der Waals surface area contributed by atoms with Crippen molar-refractivity contribution in [3.8, 4) is 0 Å². The van der Waals surface area contributed by atoms with Gasteiger partial charge in [0.25, 0.3) is 0 Å². The summed E-state index contributed by atoms with van der Waals surface area (Å²) in [6, 6.07) is -0.432. The summed E-state index contributed by atoms with van der Waals surface area (Å²) in [5.74, 6) is -0.731. The summed E-state index contributed by atoms with van der Waals surface area (Å²) in [7, 11) is 1.40. The van der Waals surface area contributed by atoms with E-state index in [2.05, 4.69) is 5.32 Å². The van der Waals surface area contributed by atoms with Crippen molar-refractivity contribution in [2.24, 2.45) is 0 Å². The minimum Gasteiger partial charge on any atom is -0.480 e. The number of aliphatic carboxylic acids is 1. The molecule has 0 aromatic heterocycles. The quantitative estimate of drug-likeness (QED) is 0.617. The predicted octanol–water partition coefficient (Wildman–Crippen LogP) is -0.0488. The van der Waals surface area contributed by atoms with Gasteiger partial charge in [-0.15, -0.1) is 11.6 Å². The molecule has 5 nitrogen and oxygen atoms in total. The lowest BCUT2D eigenvalue weighted by molar-refractivity contribution is -0.137. The first-order chi connectivity index (χ1) is 5.57. The Kier molecular flexibility index (Phi) is 5.19. The number of carboxylic acids is 1. The van der Waals surface area contributed by atoms with E-state index in [4.69, 9.17) is 16.7 Å². The lowest BCUT2D eigenvalue weighted by Crippen LogP contribution is -2.40. The number of likely N-dealkylation sites (N-methyl/N-ethyl adjacent to an activating group) is 1. The highest BCUT2D eigenvalue weighted by atomic mass is 35.5. The van der Waals surface area contributed by atoms with E-state index in [-0.39, 0.29) is 6.54 Å². The Morgan fingerprint density at radius 3 is 2.58 bits per heavy atom. The van der Waals surface area contributed by atoms with E-state index in [1.54, 1.807) is 0 Å². The van der Waals surface area contributed by atoms with Gasteiger partial charge in [0, 0.05) is 19.5 Å². The number of halogens is 1. The van der Waals surface area contributed by atoms with Crippen LogP contribution >= 0.6 is 11.6 Å². The molecule has 0 saturated heterocycles. The van der Waals surface area contributed by atoms with E-state index in [0.717, 1.165) is 4.90 Å². The van der Waals surface area contributed by atoms with Crippen LogP contribution in [0.5, 0.6) is 0 Å². The number of rotatable bonds is 4. The van der Waals surface area contributed by atoms with Gasteiger partial charge in [-0.05, 0) is 0 Å². The van der Waals surface area contributed by atoms with E-state index in [9.17, 15) is 9.59 Å². The van der Waals surface area contributed by atoms with Gasteiger partial charge in [-0.2, -0.15) is 0 Å². The second-order valence-corrected chi connectivity index (χ2v) is 2.55. The zero-order valence-corrected chi connectivity index (χ0v) is 7.47. The van der Waals surface area contributed by atoms with Gasteiger partial charge in [-0.3, -0.25) is 4.79 Å². The summed E-state index contributed by atoms with van der Waals surface area (Å²) in [6.07, 6.45) is 0. The molecule has 0 atom stereocenters. The Labute approximate surface area is 75.3 Å². The van der Waals surface area contributed by atoms with Crippen molar-refractivity contribution >= 4 is 23.6 Å². The molecule has 12 heavy (non-hydrogen) atoms. The molecule has 2 N–H and O–H groups in total. The van der Waals surface area contributed by atoms with Crippen molar-refractivity contribution in [1.29, 1.82) is 0 Å². The Morgan fingerprint density at radius 2 is 2.17 bits per heavy atom. The Balaban J connectivity index is 3.69. The highest BCUT2D eigenvalue weighted by Gasteiger charge is 2.09. The minimum absolute atomic E-state index is 0.311.